The van der Waals surface area contributed by atoms with Crippen LogP contribution in [0.2, 0.25) is 0 Å². The molecule has 0 aliphatic carbocycles. The van der Waals surface area contributed by atoms with E-state index in [1.807, 2.05) is 18.5 Å². The average molecular weight is 371 g/mol. The molecule has 136 valence electrons. The summed E-state index contributed by atoms with van der Waals surface area (Å²) in [6.07, 6.45) is 5.57. The van der Waals surface area contributed by atoms with Crippen LogP contribution in [-0.2, 0) is 0 Å². The molecule has 0 fully saturated rings. The molecular formula is C26H17N3. The maximum Gasteiger partial charge on any atom is 0.137 e. The van der Waals surface area contributed by atoms with E-state index in [0.717, 1.165) is 16.9 Å². The molecule has 0 N–H and O–H groups in total. The summed E-state index contributed by atoms with van der Waals surface area (Å²) in [5.41, 5.74) is 4.47. The first-order valence-electron chi connectivity index (χ1n) is 9.68. The minimum absolute atomic E-state index is 0.916. The third-order valence-electron chi connectivity index (χ3n) is 5.53. The van der Waals surface area contributed by atoms with Gasteiger partial charge in [-0.05, 0) is 41.1 Å². The first-order chi connectivity index (χ1) is 14.4. The molecule has 0 atom stereocenters. The number of benzene rings is 3. The van der Waals surface area contributed by atoms with Gasteiger partial charge in [0.1, 0.15) is 5.82 Å². The minimum atomic E-state index is 0.916. The second kappa shape index (κ2) is 6.28. The molecule has 6 aromatic rings. The molecule has 0 bridgehead atoms. The topological polar surface area (TPSA) is 30.7 Å². The van der Waals surface area contributed by atoms with Gasteiger partial charge >= 0.3 is 0 Å². The zero-order chi connectivity index (χ0) is 19.2. The Hall–Kier alpha value is -3.98. The molecule has 3 heteroatoms. The number of fused-ring (bicyclic) bond motifs is 5. The molecule has 0 amide bonds. The predicted molar refractivity (Wildman–Crippen MR) is 119 cm³/mol. The van der Waals surface area contributed by atoms with Gasteiger partial charge in [0.25, 0.3) is 0 Å². The lowest BCUT2D eigenvalue weighted by Gasteiger charge is -2.08. The molecule has 3 heterocycles. The van der Waals surface area contributed by atoms with E-state index in [2.05, 4.69) is 88.4 Å². The highest BCUT2D eigenvalue weighted by molar-refractivity contribution is 6.21. The van der Waals surface area contributed by atoms with Crippen LogP contribution >= 0.6 is 0 Å². The van der Waals surface area contributed by atoms with Gasteiger partial charge in [-0.3, -0.25) is 9.55 Å². The van der Waals surface area contributed by atoms with Gasteiger partial charge < -0.3 is 0 Å². The third kappa shape index (κ3) is 2.44. The molecule has 0 spiro atoms. The molecule has 0 unspecified atom stereocenters. The summed E-state index contributed by atoms with van der Waals surface area (Å²) in [4.78, 5) is 9.02. The lowest BCUT2D eigenvalue weighted by Crippen LogP contribution is -1.97. The van der Waals surface area contributed by atoms with E-state index < -0.39 is 0 Å². The Balaban J connectivity index is 1.64. The smallest absolute Gasteiger partial charge is 0.137 e. The molecule has 0 saturated carbocycles. The van der Waals surface area contributed by atoms with Gasteiger partial charge in [0.05, 0.1) is 11.0 Å². The fraction of sp³-hybridized carbons (Fsp3) is 0. The van der Waals surface area contributed by atoms with Crippen molar-refractivity contribution < 1.29 is 0 Å². The summed E-state index contributed by atoms with van der Waals surface area (Å²) in [5, 5.41) is 5.05. The second-order valence-corrected chi connectivity index (χ2v) is 7.18. The Kier molecular flexibility index (Phi) is 3.47. The first kappa shape index (κ1) is 16.0. The van der Waals surface area contributed by atoms with Crippen LogP contribution in [0.5, 0.6) is 0 Å². The molecule has 3 aromatic heterocycles. The van der Waals surface area contributed by atoms with Crippen LogP contribution in [0, 0.1) is 0 Å². The van der Waals surface area contributed by atoms with Crippen LogP contribution in [0.25, 0.3) is 49.5 Å². The van der Waals surface area contributed by atoms with Gasteiger partial charge in [0.15, 0.2) is 0 Å². The normalized spacial score (nSPS) is 11.4. The number of aromatic nitrogens is 3. The van der Waals surface area contributed by atoms with Gasteiger partial charge in [-0.25, -0.2) is 4.98 Å². The highest BCUT2D eigenvalue weighted by atomic mass is 15.1. The SMILES string of the molecule is c1cncc(-c2ccc(-n3c4ccccc4c4c5ccccc5ccc43)nc2)c1. The van der Waals surface area contributed by atoms with Gasteiger partial charge in [0.2, 0.25) is 0 Å². The van der Waals surface area contributed by atoms with E-state index in [-0.39, 0.29) is 0 Å². The molecule has 3 nitrogen and oxygen atoms in total. The van der Waals surface area contributed by atoms with E-state index in [9.17, 15) is 0 Å². The van der Waals surface area contributed by atoms with E-state index in [0.29, 0.717) is 0 Å². The molecule has 0 aliphatic rings. The quantitative estimate of drug-likeness (QED) is 0.353. The lowest BCUT2D eigenvalue weighted by molar-refractivity contribution is 1.08. The fourth-order valence-electron chi connectivity index (χ4n) is 4.21. The summed E-state index contributed by atoms with van der Waals surface area (Å²) in [7, 11) is 0. The number of hydrogen-bond acceptors (Lipinski definition) is 2. The van der Waals surface area contributed by atoms with Crippen molar-refractivity contribution in [2.75, 3.05) is 0 Å². The highest BCUT2D eigenvalue weighted by Gasteiger charge is 2.15. The second-order valence-electron chi connectivity index (χ2n) is 7.18. The van der Waals surface area contributed by atoms with Crippen LogP contribution in [0.4, 0.5) is 0 Å². The molecule has 29 heavy (non-hydrogen) atoms. The third-order valence-corrected chi connectivity index (χ3v) is 5.53. The Morgan fingerprint density at radius 3 is 2.24 bits per heavy atom. The predicted octanol–water partition coefficient (Wildman–Crippen LogP) is 6.39. The Morgan fingerprint density at radius 2 is 1.41 bits per heavy atom. The van der Waals surface area contributed by atoms with Crippen molar-refractivity contribution in [3.63, 3.8) is 0 Å². The standard InChI is InChI=1S/C26H17N3/c1-2-8-21-18(6-1)11-13-24-26(21)22-9-3-4-10-23(22)29(24)25-14-12-20(17-28-25)19-7-5-15-27-16-19/h1-17H. The van der Waals surface area contributed by atoms with Crippen molar-refractivity contribution in [3.05, 3.63) is 104 Å². The summed E-state index contributed by atoms with van der Waals surface area (Å²) < 4.78 is 2.25. The Labute approximate surface area is 167 Å². The maximum absolute atomic E-state index is 4.81. The van der Waals surface area contributed by atoms with E-state index >= 15 is 0 Å². The highest BCUT2D eigenvalue weighted by Crippen LogP contribution is 2.36. The number of nitrogens with zero attached hydrogens (tertiary/aromatic N) is 3. The van der Waals surface area contributed by atoms with Crippen molar-refractivity contribution in [2.24, 2.45) is 0 Å². The van der Waals surface area contributed by atoms with Gasteiger partial charge in [0, 0.05) is 40.5 Å². The minimum Gasteiger partial charge on any atom is -0.294 e. The van der Waals surface area contributed by atoms with Crippen molar-refractivity contribution in [2.45, 2.75) is 0 Å². The average Bonchev–Trinajstić information content (AvgIpc) is 3.15. The number of hydrogen-bond donors (Lipinski definition) is 0. The number of rotatable bonds is 2. The molecule has 0 radical (unpaired) electrons. The first-order valence-corrected chi connectivity index (χ1v) is 9.68. The fourth-order valence-corrected chi connectivity index (χ4v) is 4.21. The van der Waals surface area contributed by atoms with Crippen molar-refractivity contribution in [1.82, 2.24) is 14.5 Å². The molecule has 6 rings (SSSR count). The van der Waals surface area contributed by atoms with E-state index in [1.54, 1.807) is 6.20 Å². The van der Waals surface area contributed by atoms with Gasteiger partial charge in [-0.1, -0.05) is 54.6 Å². The zero-order valence-electron chi connectivity index (χ0n) is 15.7. The maximum atomic E-state index is 4.81. The molecule has 3 aromatic carbocycles. The number of para-hydroxylation sites is 1. The van der Waals surface area contributed by atoms with Crippen LogP contribution in [-0.4, -0.2) is 14.5 Å². The van der Waals surface area contributed by atoms with Crippen molar-refractivity contribution in [1.29, 1.82) is 0 Å². The van der Waals surface area contributed by atoms with Gasteiger partial charge in [-0.15, -0.1) is 0 Å². The van der Waals surface area contributed by atoms with Crippen LogP contribution < -0.4 is 0 Å². The zero-order valence-corrected chi connectivity index (χ0v) is 15.7. The monoisotopic (exact) mass is 371 g/mol. The summed E-state index contributed by atoms with van der Waals surface area (Å²) in [6, 6.07) is 29.7. The van der Waals surface area contributed by atoms with Gasteiger partial charge in [-0.2, -0.15) is 0 Å². The molecular weight excluding hydrogens is 354 g/mol. The van der Waals surface area contributed by atoms with Crippen molar-refractivity contribution in [3.8, 4) is 16.9 Å². The summed E-state index contributed by atoms with van der Waals surface area (Å²) in [5.74, 6) is 0.916. The largest absolute Gasteiger partial charge is 0.294 e. The van der Waals surface area contributed by atoms with Crippen LogP contribution in [0.3, 0.4) is 0 Å². The van der Waals surface area contributed by atoms with Crippen LogP contribution in [0.15, 0.2) is 104 Å². The number of pyridine rings is 2. The Bertz CT molecular complexity index is 1480. The summed E-state index contributed by atoms with van der Waals surface area (Å²) in [6.45, 7) is 0. The lowest BCUT2D eigenvalue weighted by atomic mass is 10.0. The molecule has 0 aliphatic heterocycles. The molecule has 0 saturated heterocycles. The van der Waals surface area contributed by atoms with E-state index in [4.69, 9.17) is 4.98 Å². The summed E-state index contributed by atoms with van der Waals surface area (Å²) >= 11 is 0. The van der Waals surface area contributed by atoms with E-state index in [1.165, 1.54) is 32.6 Å². The Morgan fingerprint density at radius 1 is 0.586 bits per heavy atom. The van der Waals surface area contributed by atoms with Crippen LogP contribution in [0.1, 0.15) is 0 Å². The van der Waals surface area contributed by atoms with Crippen molar-refractivity contribution >= 4 is 32.6 Å².